The summed E-state index contributed by atoms with van der Waals surface area (Å²) in [5.41, 5.74) is 0. The summed E-state index contributed by atoms with van der Waals surface area (Å²) < 4.78 is 30.0. The Hall–Kier alpha value is -1.48. The second-order valence-corrected chi connectivity index (χ2v) is 5.62. The number of aryl methyl sites for hydroxylation is 1. The van der Waals surface area contributed by atoms with Gasteiger partial charge in [-0.15, -0.1) is 0 Å². The third kappa shape index (κ3) is 5.73. The van der Waals surface area contributed by atoms with E-state index in [1.807, 2.05) is 0 Å². The Morgan fingerprint density at radius 1 is 1.50 bits per heavy atom. The average molecular weight is 277 g/mol. The first kappa shape index (κ1) is 14.6. The molecule has 18 heavy (non-hydrogen) atoms. The van der Waals surface area contributed by atoms with Crippen LogP contribution in [0.1, 0.15) is 24.6 Å². The number of nitrogens with zero attached hydrogens (tertiary/aromatic N) is 2. The van der Waals surface area contributed by atoms with E-state index in [2.05, 4.69) is 14.9 Å². The zero-order valence-electron chi connectivity index (χ0n) is 9.92. The van der Waals surface area contributed by atoms with Gasteiger partial charge < -0.3 is 9.63 Å². The number of rotatable bonds is 8. The Labute approximate surface area is 104 Å². The molecule has 0 saturated carbocycles. The Bertz CT molecular complexity index is 496. The highest BCUT2D eigenvalue weighted by atomic mass is 32.2. The van der Waals surface area contributed by atoms with Crippen molar-refractivity contribution < 1.29 is 22.8 Å². The molecule has 1 aromatic rings. The van der Waals surface area contributed by atoms with E-state index >= 15 is 0 Å². The van der Waals surface area contributed by atoms with Gasteiger partial charge in [0, 0.05) is 26.3 Å². The molecule has 0 radical (unpaired) electrons. The van der Waals surface area contributed by atoms with Crippen LogP contribution in [-0.2, 0) is 21.2 Å². The molecule has 1 rings (SSSR count). The largest absolute Gasteiger partial charge is 0.481 e. The Morgan fingerprint density at radius 3 is 2.78 bits per heavy atom. The fourth-order valence-electron chi connectivity index (χ4n) is 1.25. The molecule has 0 saturated heterocycles. The van der Waals surface area contributed by atoms with Crippen LogP contribution >= 0.6 is 0 Å². The van der Waals surface area contributed by atoms with Crippen LogP contribution in [-0.4, -0.2) is 41.9 Å². The fourth-order valence-corrected chi connectivity index (χ4v) is 2.33. The van der Waals surface area contributed by atoms with Crippen LogP contribution in [0.3, 0.4) is 0 Å². The highest BCUT2D eigenvalue weighted by molar-refractivity contribution is 7.89. The third-order valence-electron chi connectivity index (χ3n) is 2.04. The van der Waals surface area contributed by atoms with Crippen LogP contribution in [0, 0.1) is 6.92 Å². The number of aliphatic carboxylic acids is 1. The highest BCUT2D eigenvalue weighted by Gasteiger charge is 2.11. The molecule has 2 N–H and O–H groups in total. The van der Waals surface area contributed by atoms with Gasteiger partial charge in [-0.3, -0.25) is 4.79 Å². The maximum atomic E-state index is 11.4. The van der Waals surface area contributed by atoms with Crippen molar-refractivity contribution in [3.05, 3.63) is 11.7 Å². The van der Waals surface area contributed by atoms with Crippen LogP contribution in [0.5, 0.6) is 0 Å². The highest BCUT2D eigenvalue weighted by Crippen LogP contribution is 1.97. The Balaban J connectivity index is 2.27. The number of nitrogens with one attached hydrogen (secondary N) is 1. The van der Waals surface area contributed by atoms with Crippen molar-refractivity contribution in [1.82, 2.24) is 14.9 Å². The number of hydrogen-bond donors (Lipinski definition) is 2. The van der Waals surface area contributed by atoms with E-state index in [9.17, 15) is 13.2 Å². The Kier molecular flexibility index (Phi) is 5.23. The van der Waals surface area contributed by atoms with E-state index in [1.54, 1.807) is 6.92 Å². The summed E-state index contributed by atoms with van der Waals surface area (Å²) in [6.07, 6.45) is 0.256. The van der Waals surface area contributed by atoms with Gasteiger partial charge >= 0.3 is 5.97 Å². The summed E-state index contributed by atoms with van der Waals surface area (Å²) in [6.45, 7) is 1.81. The summed E-state index contributed by atoms with van der Waals surface area (Å²) >= 11 is 0. The lowest BCUT2D eigenvalue weighted by Gasteiger charge is -2.04. The molecule has 0 amide bonds. The standard InChI is InChI=1S/C9H15N3O5S/c1-7-11-8(12-17-7)4-5-10-18(15,16)6-2-3-9(13)14/h10H,2-6H2,1H3,(H,13,14). The van der Waals surface area contributed by atoms with Crippen molar-refractivity contribution in [2.24, 2.45) is 0 Å². The summed E-state index contributed by atoms with van der Waals surface area (Å²) in [6, 6.07) is 0. The van der Waals surface area contributed by atoms with Gasteiger partial charge in [0.1, 0.15) is 0 Å². The van der Waals surface area contributed by atoms with Gasteiger partial charge in [-0.25, -0.2) is 13.1 Å². The average Bonchev–Trinajstić information content (AvgIpc) is 2.63. The molecule has 0 bridgehead atoms. The predicted octanol–water partition coefficient (Wildman–Crippen LogP) is -0.295. The first-order valence-corrected chi connectivity index (χ1v) is 7.02. The molecule has 0 spiro atoms. The molecule has 1 heterocycles. The molecule has 102 valence electrons. The van der Waals surface area contributed by atoms with Crippen LogP contribution < -0.4 is 4.72 Å². The fraction of sp³-hybridized carbons (Fsp3) is 0.667. The van der Waals surface area contributed by atoms with E-state index in [0.717, 1.165) is 0 Å². The lowest BCUT2D eigenvalue weighted by molar-refractivity contribution is -0.137. The van der Waals surface area contributed by atoms with Gasteiger partial charge in [0.05, 0.1) is 5.75 Å². The Morgan fingerprint density at radius 2 is 2.22 bits per heavy atom. The molecule has 1 aromatic heterocycles. The maximum absolute atomic E-state index is 11.4. The zero-order valence-corrected chi connectivity index (χ0v) is 10.7. The molecule has 9 heteroatoms. The predicted molar refractivity (Wildman–Crippen MR) is 61.4 cm³/mol. The quantitative estimate of drug-likeness (QED) is 0.669. The molecule has 0 aromatic carbocycles. The lowest BCUT2D eigenvalue weighted by atomic mass is 10.3. The minimum absolute atomic E-state index is 0.0893. The molecule has 0 aliphatic heterocycles. The monoisotopic (exact) mass is 277 g/mol. The summed E-state index contributed by atoms with van der Waals surface area (Å²) in [5.74, 6) is -0.354. The van der Waals surface area contributed by atoms with Gasteiger partial charge in [-0.1, -0.05) is 5.16 Å². The van der Waals surface area contributed by atoms with Crippen LogP contribution in [0.15, 0.2) is 4.52 Å². The summed E-state index contributed by atoms with van der Waals surface area (Å²) in [4.78, 5) is 14.2. The third-order valence-corrected chi connectivity index (χ3v) is 3.51. The van der Waals surface area contributed by atoms with E-state index in [-0.39, 0.29) is 25.1 Å². The maximum Gasteiger partial charge on any atom is 0.303 e. The minimum atomic E-state index is -3.44. The molecular weight excluding hydrogens is 262 g/mol. The second-order valence-electron chi connectivity index (χ2n) is 3.69. The molecule has 0 aliphatic rings. The number of carbonyl (C=O) groups is 1. The minimum Gasteiger partial charge on any atom is -0.481 e. The molecule has 0 atom stereocenters. The first-order valence-electron chi connectivity index (χ1n) is 5.37. The van der Waals surface area contributed by atoms with E-state index < -0.39 is 16.0 Å². The molecule has 0 aliphatic carbocycles. The number of sulfonamides is 1. The van der Waals surface area contributed by atoms with E-state index in [1.165, 1.54) is 0 Å². The van der Waals surface area contributed by atoms with E-state index in [4.69, 9.17) is 9.63 Å². The zero-order chi connectivity index (χ0) is 13.6. The van der Waals surface area contributed by atoms with Gasteiger partial charge in [-0.05, 0) is 6.42 Å². The van der Waals surface area contributed by atoms with Gasteiger partial charge in [0.15, 0.2) is 5.82 Å². The molecule has 8 nitrogen and oxygen atoms in total. The topological polar surface area (TPSA) is 122 Å². The second kappa shape index (κ2) is 6.45. The van der Waals surface area contributed by atoms with Crippen molar-refractivity contribution in [3.63, 3.8) is 0 Å². The van der Waals surface area contributed by atoms with Crippen molar-refractivity contribution in [2.45, 2.75) is 26.2 Å². The SMILES string of the molecule is Cc1nc(CCNS(=O)(=O)CCCC(=O)O)no1. The summed E-state index contributed by atoms with van der Waals surface area (Å²) in [7, 11) is -3.44. The molecular formula is C9H15N3O5S. The number of carboxylic acid groups (broad SMARTS) is 1. The molecule has 0 fully saturated rings. The van der Waals surface area contributed by atoms with Crippen LogP contribution in [0.2, 0.25) is 0 Å². The number of carboxylic acids is 1. The van der Waals surface area contributed by atoms with Crippen molar-refractivity contribution in [2.75, 3.05) is 12.3 Å². The first-order chi connectivity index (χ1) is 8.39. The van der Waals surface area contributed by atoms with Crippen molar-refractivity contribution in [1.29, 1.82) is 0 Å². The number of hydrogen-bond acceptors (Lipinski definition) is 6. The van der Waals surface area contributed by atoms with Crippen LogP contribution in [0.4, 0.5) is 0 Å². The normalized spacial score (nSPS) is 11.6. The van der Waals surface area contributed by atoms with Crippen molar-refractivity contribution in [3.8, 4) is 0 Å². The smallest absolute Gasteiger partial charge is 0.303 e. The van der Waals surface area contributed by atoms with Gasteiger partial charge in [0.2, 0.25) is 15.9 Å². The number of aromatic nitrogens is 2. The van der Waals surface area contributed by atoms with Gasteiger partial charge in [-0.2, -0.15) is 4.98 Å². The van der Waals surface area contributed by atoms with Crippen LogP contribution in [0.25, 0.3) is 0 Å². The lowest BCUT2D eigenvalue weighted by Crippen LogP contribution is -2.28. The summed E-state index contributed by atoms with van der Waals surface area (Å²) in [5, 5.41) is 12.0. The van der Waals surface area contributed by atoms with Crippen molar-refractivity contribution >= 4 is 16.0 Å². The molecule has 0 unspecified atom stereocenters. The van der Waals surface area contributed by atoms with E-state index in [0.29, 0.717) is 18.1 Å². The van der Waals surface area contributed by atoms with Gasteiger partial charge in [0.25, 0.3) is 0 Å².